The highest BCUT2D eigenvalue weighted by atomic mass is 35.5. The van der Waals surface area contributed by atoms with Crippen LogP contribution in [0.1, 0.15) is 24.5 Å². The summed E-state index contributed by atoms with van der Waals surface area (Å²) in [6.45, 7) is 3.75. The third-order valence-corrected chi connectivity index (χ3v) is 6.47. The lowest BCUT2D eigenvalue weighted by molar-refractivity contribution is -0.116. The van der Waals surface area contributed by atoms with E-state index in [0.717, 1.165) is 5.56 Å². The van der Waals surface area contributed by atoms with E-state index in [4.69, 9.17) is 23.2 Å². The van der Waals surface area contributed by atoms with Crippen molar-refractivity contribution in [3.63, 3.8) is 0 Å². The Labute approximate surface area is 170 Å². The number of carbonyl (C=O) groups excluding carboxylic acids is 1. The molecular weight excluding hydrogens is 407 g/mol. The van der Waals surface area contributed by atoms with Crippen LogP contribution in [-0.2, 0) is 20.6 Å². The normalized spacial score (nSPS) is 11.6. The molecule has 0 saturated heterocycles. The number of rotatable bonds is 8. The van der Waals surface area contributed by atoms with Crippen LogP contribution in [0.4, 0.5) is 5.69 Å². The molecule has 0 aliphatic heterocycles. The molecule has 1 N–H and O–H groups in total. The number of nitrogens with zero attached hydrogens (tertiary/aromatic N) is 1. The largest absolute Gasteiger partial charge is 0.325 e. The van der Waals surface area contributed by atoms with E-state index in [2.05, 4.69) is 5.32 Å². The molecule has 2 aromatic carbocycles. The van der Waals surface area contributed by atoms with Gasteiger partial charge in [0.1, 0.15) is 0 Å². The number of halogens is 2. The maximum absolute atomic E-state index is 12.8. The van der Waals surface area contributed by atoms with Gasteiger partial charge in [-0.25, -0.2) is 8.42 Å². The van der Waals surface area contributed by atoms with E-state index in [1.165, 1.54) is 10.4 Å². The van der Waals surface area contributed by atoms with Gasteiger partial charge in [0.2, 0.25) is 15.9 Å². The summed E-state index contributed by atoms with van der Waals surface area (Å²) in [5.74, 6) is -0.628. The van der Waals surface area contributed by atoms with Gasteiger partial charge in [-0.15, -0.1) is 0 Å². The summed E-state index contributed by atoms with van der Waals surface area (Å²) >= 11 is 11.8. The average molecular weight is 429 g/mol. The number of amides is 1. The van der Waals surface area contributed by atoms with Crippen LogP contribution in [0.25, 0.3) is 0 Å². The van der Waals surface area contributed by atoms with Crippen LogP contribution in [-0.4, -0.2) is 31.7 Å². The molecule has 27 heavy (non-hydrogen) atoms. The molecule has 8 heteroatoms. The number of anilines is 1. The summed E-state index contributed by atoms with van der Waals surface area (Å²) in [7, 11) is -3.69. The second-order valence-corrected chi connectivity index (χ2v) is 8.98. The topological polar surface area (TPSA) is 66.5 Å². The molecule has 2 rings (SSSR count). The fraction of sp³-hybridized carbons (Fsp3) is 0.316. The Morgan fingerprint density at radius 2 is 1.81 bits per heavy atom. The third kappa shape index (κ3) is 6.21. The number of hydrogen-bond donors (Lipinski definition) is 1. The molecular formula is C19H22Cl2N2O3S. The van der Waals surface area contributed by atoms with Gasteiger partial charge in [0.05, 0.1) is 22.3 Å². The molecule has 146 valence electrons. The summed E-state index contributed by atoms with van der Waals surface area (Å²) < 4.78 is 26.8. The summed E-state index contributed by atoms with van der Waals surface area (Å²) in [6, 6.07) is 12.0. The molecule has 0 saturated carbocycles. The third-order valence-electron chi connectivity index (χ3n) is 3.94. The zero-order valence-corrected chi connectivity index (χ0v) is 17.5. The molecule has 1 amide bonds. The van der Waals surface area contributed by atoms with Crippen molar-refractivity contribution in [1.29, 1.82) is 0 Å². The van der Waals surface area contributed by atoms with Gasteiger partial charge in [-0.1, -0.05) is 54.4 Å². The van der Waals surface area contributed by atoms with Crippen LogP contribution < -0.4 is 5.32 Å². The van der Waals surface area contributed by atoms with Crippen molar-refractivity contribution >= 4 is 44.8 Å². The van der Waals surface area contributed by atoms with Crippen molar-refractivity contribution in [2.45, 2.75) is 26.0 Å². The molecule has 0 bridgehead atoms. The second-order valence-electron chi connectivity index (χ2n) is 6.20. The standard InChI is InChI=1S/C19H22Cl2N2O3S/c1-3-10-23(12-19(24)22-18-7-5-4-6-14(18)2)27(25,26)13-15-8-9-16(20)17(21)11-15/h4-9,11H,3,10,12-13H2,1-2H3,(H,22,24). The summed E-state index contributed by atoms with van der Waals surface area (Å²) in [4.78, 5) is 12.4. The van der Waals surface area contributed by atoms with Crippen LogP contribution in [0, 0.1) is 6.92 Å². The van der Waals surface area contributed by atoms with Crippen molar-refractivity contribution in [2.24, 2.45) is 0 Å². The number of benzene rings is 2. The van der Waals surface area contributed by atoms with E-state index in [0.29, 0.717) is 27.7 Å². The van der Waals surface area contributed by atoms with Crippen LogP contribution in [0.15, 0.2) is 42.5 Å². The average Bonchev–Trinajstić information content (AvgIpc) is 2.59. The Morgan fingerprint density at radius 3 is 2.44 bits per heavy atom. The van der Waals surface area contributed by atoms with E-state index < -0.39 is 10.0 Å². The highest BCUT2D eigenvalue weighted by molar-refractivity contribution is 7.88. The Kier molecular flexibility index (Phi) is 7.68. The lowest BCUT2D eigenvalue weighted by atomic mass is 10.2. The first kappa shape index (κ1) is 21.7. The second kappa shape index (κ2) is 9.55. The maximum Gasteiger partial charge on any atom is 0.239 e. The number of para-hydroxylation sites is 1. The van der Waals surface area contributed by atoms with E-state index in [1.54, 1.807) is 18.2 Å². The fourth-order valence-corrected chi connectivity index (χ4v) is 4.44. The van der Waals surface area contributed by atoms with E-state index in [9.17, 15) is 13.2 Å². The van der Waals surface area contributed by atoms with Gasteiger partial charge in [-0.3, -0.25) is 4.79 Å². The minimum Gasteiger partial charge on any atom is -0.325 e. The minimum atomic E-state index is -3.69. The van der Waals surface area contributed by atoms with Gasteiger partial charge in [0.25, 0.3) is 0 Å². The minimum absolute atomic E-state index is 0.244. The molecule has 0 atom stereocenters. The van der Waals surface area contributed by atoms with Gasteiger partial charge in [0.15, 0.2) is 0 Å². The molecule has 2 aromatic rings. The maximum atomic E-state index is 12.8. The van der Waals surface area contributed by atoms with Crippen LogP contribution >= 0.6 is 23.2 Å². The van der Waals surface area contributed by atoms with E-state index >= 15 is 0 Å². The SMILES string of the molecule is CCCN(CC(=O)Nc1ccccc1C)S(=O)(=O)Cc1ccc(Cl)c(Cl)c1. The first-order valence-corrected chi connectivity index (χ1v) is 10.9. The number of aryl methyl sites for hydroxylation is 1. The van der Waals surface area contributed by atoms with Crippen LogP contribution in [0.5, 0.6) is 0 Å². The van der Waals surface area contributed by atoms with Gasteiger partial charge in [-0.05, 0) is 42.7 Å². The van der Waals surface area contributed by atoms with Gasteiger partial charge >= 0.3 is 0 Å². The predicted octanol–water partition coefficient (Wildman–Crippen LogP) is 4.48. The zero-order valence-electron chi connectivity index (χ0n) is 15.2. The van der Waals surface area contributed by atoms with Gasteiger partial charge in [0, 0.05) is 12.2 Å². The molecule has 0 unspecified atom stereocenters. The summed E-state index contributed by atoms with van der Waals surface area (Å²) in [5.41, 5.74) is 2.09. The Hall–Kier alpha value is -1.60. The lowest BCUT2D eigenvalue weighted by Crippen LogP contribution is -2.39. The van der Waals surface area contributed by atoms with E-state index in [1.807, 2.05) is 32.0 Å². The molecule has 5 nitrogen and oxygen atoms in total. The molecule has 0 fully saturated rings. The molecule has 0 aliphatic rings. The number of hydrogen-bond acceptors (Lipinski definition) is 3. The molecule has 0 aromatic heterocycles. The quantitative estimate of drug-likeness (QED) is 0.673. The molecule has 0 radical (unpaired) electrons. The number of sulfonamides is 1. The smallest absolute Gasteiger partial charge is 0.239 e. The molecule has 0 spiro atoms. The Balaban J connectivity index is 2.13. The van der Waals surface area contributed by atoms with Crippen molar-refractivity contribution in [2.75, 3.05) is 18.4 Å². The van der Waals surface area contributed by atoms with E-state index in [-0.39, 0.29) is 24.7 Å². The van der Waals surface area contributed by atoms with Crippen molar-refractivity contribution < 1.29 is 13.2 Å². The zero-order chi connectivity index (χ0) is 20.0. The summed E-state index contributed by atoms with van der Waals surface area (Å²) in [5, 5.41) is 3.43. The van der Waals surface area contributed by atoms with Gasteiger partial charge in [-0.2, -0.15) is 4.31 Å². The first-order chi connectivity index (χ1) is 12.7. The number of nitrogens with one attached hydrogen (secondary N) is 1. The summed E-state index contributed by atoms with van der Waals surface area (Å²) in [6.07, 6.45) is 0.595. The van der Waals surface area contributed by atoms with Crippen LogP contribution in [0.3, 0.4) is 0 Å². The predicted molar refractivity (Wildman–Crippen MR) is 111 cm³/mol. The van der Waals surface area contributed by atoms with Crippen molar-refractivity contribution in [3.8, 4) is 0 Å². The fourth-order valence-electron chi connectivity index (χ4n) is 2.56. The highest BCUT2D eigenvalue weighted by Crippen LogP contribution is 2.24. The van der Waals surface area contributed by atoms with Gasteiger partial charge < -0.3 is 5.32 Å². The van der Waals surface area contributed by atoms with Crippen molar-refractivity contribution in [3.05, 3.63) is 63.6 Å². The monoisotopic (exact) mass is 428 g/mol. The molecule has 0 aliphatic carbocycles. The Morgan fingerprint density at radius 1 is 1.11 bits per heavy atom. The van der Waals surface area contributed by atoms with Crippen molar-refractivity contribution in [1.82, 2.24) is 4.31 Å². The highest BCUT2D eigenvalue weighted by Gasteiger charge is 2.24. The lowest BCUT2D eigenvalue weighted by Gasteiger charge is -2.21. The Bertz CT molecular complexity index is 917. The van der Waals surface area contributed by atoms with Crippen LogP contribution in [0.2, 0.25) is 10.0 Å². The first-order valence-electron chi connectivity index (χ1n) is 8.50. The molecule has 0 heterocycles. The number of carbonyl (C=O) groups is 1.